The third kappa shape index (κ3) is 1.93. The average molecular weight is 182 g/mol. The quantitative estimate of drug-likeness (QED) is 0.527. The van der Waals surface area contributed by atoms with Crippen LogP contribution in [-0.4, -0.2) is 37.4 Å². The van der Waals surface area contributed by atoms with E-state index >= 15 is 0 Å². The molecular weight excluding hydrogens is 164 g/mol. The van der Waals surface area contributed by atoms with Crippen LogP contribution in [0.3, 0.4) is 0 Å². The molecule has 3 N–H and O–H groups in total. The summed E-state index contributed by atoms with van der Waals surface area (Å²) in [5.74, 6) is 1.54. The summed E-state index contributed by atoms with van der Waals surface area (Å²) in [5, 5.41) is 15.5. The van der Waals surface area contributed by atoms with Crippen LogP contribution in [0, 0.1) is 11.8 Å². The van der Waals surface area contributed by atoms with Crippen LogP contribution in [-0.2, 0) is 0 Å². The van der Waals surface area contributed by atoms with Crippen LogP contribution in [0.1, 0.15) is 6.42 Å². The zero-order valence-electron chi connectivity index (χ0n) is 7.87. The lowest BCUT2D eigenvalue weighted by atomic mass is 9.82. The van der Waals surface area contributed by atoms with E-state index in [0.717, 1.165) is 24.9 Å². The number of fused-ring (bicyclic) bond motifs is 1. The Morgan fingerprint density at radius 2 is 2.38 bits per heavy atom. The fraction of sp³-hybridized carbons (Fsp3) is 0.800. The second-order valence-corrected chi connectivity index (χ2v) is 3.95. The summed E-state index contributed by atoms with van der Waals surface area (Å²) in [5.41, 5.74) is 0. The molecule has 2 aliphatic rings. The van der Waals surface area contributed by atoms with Gasteiger partial charge in [-0.1, -0.05) is 12.2 Å². The Kier molecular flexibility index (Phi) is 2.98. The predicted octanol–water partition coefficient (Wildman–Crippen LogP) is -0.268. The molecule has 3 nitrogen and oxygen atoms in total. The van der Waals surface area contributed by atoms with Gasteiger partial charge in [-0.05, 0) is 24.8 Å². The van der Waals surface area contributed by atoms with Gasteiger partial charge in [0.2, 0.25) is 0 Å². The van der Waals surface area contributed by atoms with Gasteiger partial charge in [0.1, 0.15) is 0 Å². The number of aliphatic hydroxyl groups is 1. The van der Waals surface area contributed by atoms with Crippen LogP contribution < -0.4 is 10.6 Å². The minimum absolute atomic E-state index is 0.231. The van der Waals surface area contributed by atoms with Crippen molar-refractivity contribution < 1.29 is 5.11 Å². The van der Waals surface area contributed by atoms with Crippen LogP contribution in [0.25, 0.3) is 0 Å². The molecule has 0 saturated carbocycles. The van der Waals surface area contributed by atoms with E-state index < -0.39 is 0 Å². The number of hydrogen-bond acceptors (Lipinski definition) is 3. The van der Waals surface area contributed by atoms with Crippen molar-refractivity contribution in [3.8, 4) is 0 Å². The van der Waals surface area contributed by atoms with Gasteiger partial charge in [0.05, 0.1) is 6.61 Å². The molecule has 0 aromatic rings. The first-order valence-corrected chi connectivity index (χ1v) is 5.13. The standard InChI is InChI=1S/C10H18N2O/c13-5-4-12-10-3-1-2-8-6-11-7-9(8)10/h1,3,8-13H,2,4-7H2. The smallest absolute Gasteiger partial charge is 0.0556 e. The Bertz CT molecular complexity index is 193. The third-order valence-corrected chi connectivity index (χ3v) is 3.13. The Labute approximate surface area is 79.2 Å². The van der Waals surface area contributed by atoms with E-state index in [2.05, 4.69) is 22.8 Å². The van der Waals surface area contributed by atoms with Gasteiger partial charge in [0, 0.05) is 19.1 Å². The van der Waals surface area contributed by atoms with Gasteiger partial charge < -0.3 is 15.7 Å². The average Bonchev–Trinajstić information content (AvgIpc) is 2.62. The molecule has 1 aliphatic heterocycles. The molecule has 3 atom stereocenters. The minimum atomic E-state index is 0.231. The summed E-state index contributed by atoms with van der Waals surface area (Å²) in [7, 11) is 0. The van der Waals surface area contributed by atoms with Crippen LogP contribution in [0.15, 0.2) is 12.2 Å². The van der Waals surface area contributed by atoms with Crippen molar-refractivity contribution in [1.82, 2.24) is 10.6 Å². The highest BCUT2D eigenvalue weighted by Crippen LogP contribution is 2.28. The minimum Gasteiger partial charge on any atom is -0.395 e. The normalized spacial score (nSPS) is 37.8. The molecule has 0 bridgehead atoms. The van der Waals surface area contributed by atoms with Crippen LogP contribution in [0.5, 0.6) is 0 Å². The topological polar surface area (TPSA) is 44.3 Å². The van der Waals surface area contributed by atoms with E-state index in [1.54, 1.807) is 0 Å². The van der Waals surface area contributed by atoms with Gasteiger partial charge in [-0.25, -0.2) is 0 Å². The molecule has 1 heterocycles. The highest BCUT2D eigenvalue weighted by Gasteiger charge is 2.33. The number of rotatable bonds is 3. The molecule has 74 valence electrons. The maximum absolute atomic E-state index is 8.74. The van der Waals surface area contributed by atoms with Gasteiger partial charge in [0.25, 0.3) is 0 Å². The summed E-state index contributed by atoms with van der Waals surface area (Å²) in [6, 6.07) is 0.473. The fourth-order valence-electron chi connectivity index (χ4n) is 2.43. The van der Waals surface area contributed by atoms with E-state index in [4.69, 9.17) is 5.11 Å². The molecule has 3 unspecified atom stereocenters. The van der Waals surface area contributed by atoms with Crippen LogP contribution in [0.4, 0.5) is 0 Å². The van der Waals surface area contributed by atoms with Crippen molar-refractivity contribution in [2.45, 2.75) is 12.5 Å². The molecule has 1 saturated heterocycles. The number of allylic oxidation sites excluding steroid dienone is 1. The van der Waals surface area contributed by atoms with Gasteiger partial charge in [-0.3, -0.25) is 0 Å². The van der Waals surface area contributed by atoms with Crippen molar-refractivity contribution in [2.75, 3.05) is 26.2 Å². The third-order valence-electron chi connectivity index (χ3n) is 3.13. The van der Waals surface area contributed by atoms with Gasteiger partial charge in [0.15, 0.2) is 0 Å². The summed E-state index contributed by atoms with van der Waals surface area (Å²) >= 11 is 0. The predicted molar refractivity (Wildman–Crippen MR) is 52.5 cm³/mol. The summed E-state index contributed by atoms with van der Waals surface area (Å²) in [6.07, 6.45) is 5.74. The van der Waals surface area contributed by atoms with Crippen molar-refractivity contribution in [1.29, 1.82) is 0 Å². The van der Waals surface area contributed by atoms with Gasteiger partial charge in [-0.2, -0.15) is 0 Å². The van der Waals surface area contributed by atoms with E-state index in [9.17, 15) is 0 Å². The molecule has 0 aromatic heterocycles. The van der Waals surface area contributed by atoms with Gasteiger partial charge in [-0.15, -0.1) is 0 Å². The Balaban J connectivity index is 1.93. The zero-order valence-corrected chi connectivity index (χ0v) is 7.87. The molecule has 1 aliphatic carbocycles. The van der Waals surface area contributed by atoms with Crippen molar-refractivity contribution in [2.24, 2.45) is 11.8 Å². The first kappa shape index (κ1) is 9.19. The molecule has 13 heavy (non-hydrogen) atoms. The number of aliphatic hydroxyl groups excluding tert-OH is 1. The fourth-order valence-corrected chi connectivity index (χ4v) is 2.43. The Morgan fingerprint density at radius 3 is 3.23 bits per heavy atom. The van der Waals surface area contributed by atoms with Crippen molar-refractivity contribution >= 4 is 0 Å². The number of hydrogen-bond donors (Lipinski definition) is 3. The zero-order chi connectivity index (χ0) is 9.10. The number of nitrogens with one attached hydrogen (secondary N) is 2. The highest BCUT2D eigenvalue weighted by molar-refractivity contribution is 5.07. The second kappa shape index (κ2) is 4.22. The molecule has 0 amide bonds. The molecule has 0 radical (unpaired) electrons. The monoisotopic (exact) mass is 182 g/mol. The largest absolute Gasteiger partial charge is 0.395 e. The molecule has 1 fully saturated rings. The summed E-state index contributed by atoms with van der Waals surface area (Å²) in [6.45, 7) is 3.22. The van der Waals surface area contributed by atoms with E-state index in [0.29, 0.717) is 12.6 Å². The van der Waals surface area contributed by atoms with E-state index in [-0.39, 0.29) is 6.61 Å². The molecular formula is C10H18N2O. The SMILES string of the molecule is OCCNC1C=CCC2CNCC21. The lowest BCUT2D eigenvalue weighted by Gasteiger charge is -2.29. The second-order valence-electron chi connectivity index (χ2n) is 3.95. The molecule has 3 heteroatoms. The molecule has 0 aromatic carbocycles. The van der Waals surface area contributed by atoms with Crippen LogP contribution in [0.2, 0.25) is 0 Å². The Hall–Kier alpha value is -0.380. The van der Waals surface area contributed by atoms with Crippen molar-refractivity contribution in [3.63, 3.8) is 0 Å². The lowest BCUT2D eigenvalue weighted by molar-refractivity contribution is 0.265. The van der Waals surface area contributed by atoms with Crippen LogP contribution >= 0.6 is 0 Å². The first-order chi connectivity index (χ1) is 6.42. The maximum Gasteiger partial charge on any atom is 0.0556 e. The summed E-state index contributed by atoms with van der Waals surface area (Å²) in [4.78, 5) is 0. The lowest BCUT2D eigenvalue weighted by Crippen LogP contribution is -2.41. The molecule has 2 rings (SSSR count). The maximum atomic E-state index is 8.74. The highest BCUT2D eigenvalue weighted by atomic mass is 16.3. The summed E-state index contributed by atoms with van der Waals surface area (Å²) < 4.78 is 0. The van der Waals surface area contributed by atoms with E-state index in [1.165, 1.54) is 6.42 Å². The Morgan fingerprint density at radius 1 is 1.46 bits per heavy atom. The van der Waals surface area contributed by atoms with E-state index in [1.807, 2.05) is 0 Å². The van der Waals surface area contributed by atoms with Crippen molar-refractivity contribution in [3.05, 3.63) is 12.2 Å². The first-order valence-electron chi connectivity index (χ1n) is 5.13. The molecule has 0 spiro atoms. The van der Waals surface area contributed by atoms with Gasteiger partial charge >= 0.3 is 0 Å².